The Balaban J connectivity index is 4.86. The van der Waals surface area contributed by atoms with Gasteiger partial charge in [-0.1, -0.05) is 38.2 Å². The molecule has 0 saturated heterocycles. The molecule has 0 unspecified atom stereocenters. The van der Waals surface area contributed by atoms with Crippen LogP contribution in [0.2, 0.25) is 0 Å². The first-order valence-electron chi connectivity index (χ1n) is 5.52. The molecular formula is C13H19F3. The summed E-state index contributed by atoms with van der Waals surface area (Å²) in [4.78, 5) is 0. The van der Waals surface area contributed by atoms with Crippen molar-refractivity contribution < 1.29 is 13.2 Å². The highest BCUT2D eigenvalue weighted by atomic mass is 19.4. The molecule has 0 aliphatic heterocycles. The first-order chi connectivity index (χ1) is 7.42. The maximum Gasteiger partial charge on any atom is 0.393 e. The smallest absolute Gasteiger partial charge is 0.171 e. The van der Waals surface area contributed by atoms with Gasteiger partial charge in [-0.25, -0.2) is 0 Å². The molecule has 0 bridgehead atoms. The van der Waals surface area contributed by atoms with Gasteiger partial charge < -0.3 is 0 Å². The summed E-state index contributed by atoms with van der Waals surface area (Å²) in [5, 5.41) is 0. The lowest BCUT2D eigenvalue weighted by atomic mass is 10.0. The molecule has 0 N–H and O–H groups in total. The lowest BCUT2D eigenvalue weighted by Crippen LogP contribution is -2.07. The van der Waals surface area contributed by atoms with E-state index in [1.165, 1.54) is 0 Å². The molecule has 0 atom stereocenters. The van der Waals surface area contributed by atoms with E-state index in [9.17, 15) is 13.2 Å². The van der Waals surface area contributed by atoms with Gasteiger partial charge in [0.15, 0.2) is 0 Å². The van der Waals surface area contributed by atoms with E-state index in [1.54, 1.807) is 12.2 Å². The molecule has 0 amide bonds. The van der Waals surface area contributed by atoms with Crippen molar-refractivity contribution in [2.24, 2.45) is 0 Å². The minimum Gasteiger partial charge on any atom is -0.171 e. The molecule has 0 heterocycles. The van der Waals surface area contributed by atoms with Gasteiger partial charge in [-0.05, 0) is 30.9 Å². The molecule has 0 aromatic heterocycles. The predicted molar refractivity (Wildman–Crippen MR) is 62.2 cm³/mol. The molecule has 0 fully saturated rings. The van der Waals surface area contributed by atoms with Crippen LogP contribution in [-0.2, 0) is 0 Å². The van der Waals surface area contributed by atoms with Crippen LogP contribution < -0.4 is 0 Å². The highest BCUT2D eigenvalue weighted by molar-refractivity contribution is 5.30. The van der Waals surface area contributed by atoms with Crippen LogP contribution >= 0.6 is 0 Å². The van der Waals surface area contributed by atoms with E-state index in [4.69, 9.17) is 0 Å². The molecule has 0 rings (SSSR count). The highest BCUT2D eigenvalue weighted by Gasteiger charge is 2.27. The third kappa shape index (κ3) is 7.32. The Morgan fingerprint density at radius 1 is 1.12 bits per heavy atom. The van der Waals surface area contributed by atoms with E-state index in [0.29, 0.717) is 12.0 Å². The normalized spacial score (nSPS) is 14.9. The number of rotatable bonds is 5. The Kier molecular flexibility index (Phi) is 6.86. The third-order valence-electron chi connectivity index (χ3n) is 2.03. The monoisotopic (exact) mass is 232 g/mol. The maximum absolute atomic E-state index is 12.3. The standard InChI is InChI=1S/C13H19F3/c1-4-7-11(6-3)9-12(8-5-2)10-13(14,15)16/h4,7-9H,5-6,10H2,1-3H3/b7-4-,11-9-,12-8-. The average molecular weight is 232 g/mol. The first-order valence-corrected chi connectivity index (χ1v) is 5.52. The summed E-state index contributed by atoms with van der Waals surface area (Å²) in [5.74, 6) is 0. The molecule has 3 heteroatoms. The SMILES string of the molecule is C\C=C/C(=C\C(=C\CC)CC(F)(F)F)CC. The molecule has 0 nitrogen and oxygen atoms in total. The van der Waals surface area contributed by atoms with Gasteiger partial charge in [0.05, 0.1) is 6.42 Å². The molecule has 0 spiro atoms. The summed E-state index contributed by atoms with van der Waals surface area (Å²) in [6.45, 7) is 5.63. The fraction of sp³-hybridized carbons (Fsp3) is 0.538. The van der Waals surface area contributed by atoms with Gasteiger partial charge in [-0.15, -0.1) is 0 Å². The van der Waals surface area contributed by atoms with E-state index in [2.05, 4.69) is 0 Å². The summed E-state index contributed by atoms with van der Waals surface area (Å²) in [5.41, 5.74) is 1.27. The van der Waals surface area contributed by atoms with Crippen LogP contribution in [0.5, 0.6) is 0 Å². The van der Waals surface area contributed by atoms with Crippen molar-refractivity contribution in [3.05, 3.63) is 35.5 Å². The summed E-state index contributed by atoms with van der Waals surface area (Å²) in [6, 6.07) is 0. The second-order valence-corrected chi connectivity index (χ2v) is 3.55. The van der Waals surface area contributed by atoms with Crippen molar-refractivity contribution >= 4 is 0 Å². The second kappa shape index (κ2) is 7.31. The largest absolute Gasteiger partial charge is 0.393 e. The molecule has 0 radical (unpaired) electrons. The fourth-order valence-electron chi connectivity index (χ4n) is 1.40. The summed E-state index contributed by atoms with van der Waals surface area (Å²) < 4.78 is 36.8. The average Bonchev–Trinajstić information content (AvgIpc) is 2.15. The Bertz CT molecular complexity index is 280. The van der Waals surface area contributed by atoms with Crippen LogP contribution in [0.1, 0.15) is 40.0 Å². The predicted octanol–water partition coefficient (Wildman–Crippen LogP) is 5.19. The first kappa shape index (κ1) is 15.0. The van der Waals surface area contributed by atoms with Crippen LogP contribution in [0.15, 0.2) is 35.5 Å². The number of halogens is 3. The Morgan fingerprint density at radius 2 is 1.75 bits per heavy atom. The van der Waals surface area contributed by atoms with Gasteiger partial charge in [-0.3, -0.25) is 0 Å². The zero-order chi connectivity index (χ0) is 12.6. The van der Waals surface area contributed by atoms with Gasteiger partial charge in [0.2, 0.25) is 0 Å². The fourth-order valence-corrected chi connectivity index (χ4v) is 1.40. The van der Waals surface area contributed by atoms with Gasteiger partial charge in [0.1, 0.15) is 0 Å². The molecule has 0 aromatic carbocycles. The number of hydrogen-bond acceptors (Lipinski definition) is 0. The lowest BCUT2D eigenvalue weighted by molar-refractivity contribution is -0.126. The van der Waals surface area contributed by atoms with Crippen molar-refractivity contribution in [3.63, 3.8) is 0 Å². The lowest BCUT2D eigenvalue weighted by Gasteiger charge is -2.08. The van der Waals surface area contributed by atoms with Gasteiger partial charge >= 0.3 is 6.18 Å². The molecule has 0 aliphatic carbocycles. The zero-order valence-electron chi connectivity index (χ0n) is 10.1. The van der Waals surface area contributed by atoms with E-state index < -0.39 is 12.6 Å². The van der Waals surface area contributed by atoms with Crippen LogP contribution in [-0.4, -0.2) is 6.18 Å². The van der Waals surface area contributed by atoms with Crippen LogP contribution in [0.4, 0.5) is 13.2 Å². The molecular weight excluding hydrogens is 213 g/mol. The highest BCUT2D eigenvalue weighted by Crippen LogP contribution is 2.26. The van der Waals surface area contributed by atoms with E-state index >= 15 is 0 Å². The molecule has 0 aromatic rings. The molecule has 92 valence electrons. The van der Waals surface area contributed by atoms with Crippen molar-refractivity contribution in [2.75, 3.05) is 0 Å². The van der Waals surface area contributed by atoms with Gasteiger partial charge in [0, 0.05) is 0 Å². The summed E-state index contributed by atoms with van der Waals surface area (Å²) >= 11 is 0. The van der Waals surface area contributed by atoms with Crippen molar-refractivity contribution in [1.82, 2.24) is 0 Å². The summed E-state index contributed by atoms with van der Waals surface area (Å²) in [7, 11) is 0. The molecule has 0 saturated carbocycles. The van der Waals surface area contributed by atoms with Crippen molar-refractivity contribution in [2.45, 2.75) is 46.2 Å². The van der Waals surface area contributed by atoms with Crippen molar-refractivity contribution in [3.8, 4) is 0 Å². The Labute approximate surface area is 95.5 Å². The van der Waals surface area contributed by atoms with Gasteiger partial charge in [-0.2, -0.15) is 13.2 Å². The van der Waals surface area contributed by atoms with Gasteiger partial charge in [0.25, 0.3) is 0 Å². The van der Waals surface area contributed by atoms with E-state index in [-0.39, 0.29) is 0 Å². The number of allylic oxidation sites excluding steroid dienone is 6. The maximum atomic E-state index is 12.3. The number of hydrogen-bond donors (Lipinski definition) is 0. The topological polar surface area (TPSA) is 0 Å². The third-order valence-corrected chi connectivity index (χ3v) is 2.03. The molecule has 16 heavy (non-hydrogen) atoms. The van der Waals surface area contributed by atoms with Crippen molar-refractivity contribution in [1.29, 1.82) is 0 Å². The minimum atomic E-state index is -4.13. The number of alkyl halides is 3. The van der Waals surface area contributed by atoms with Crippen LogP contribution in [0.3, 0.4) is 0 Å². The van der Waals surface area contributed by atoms with Crippen LogP contribution in [0, 0.1) is 0 Å². The second-order valence-electron chi connectivity index (χ2n) is 3.55. The zero-order valence-corrected chi connectivity index (χ0v) is 10.1. The van der Waals surface area contributed by atoms with E-state index in [0.717, 1.165) is 12.0 Å². The Morgan fingerprint density at radius 3 is 2.12 bits per heavy atom. The minimum absolute atomic E-state index is 0.352. The molecule has 0 aliphatic rings. The quantitative estimate of drug-likeness (QED) is 0.572. The Hall–Kier alpha value is -0.990. The summed E-state index contributed by atoms with van der Waals surface area (Å²) in [6.07, 6.45) is 3.34. The van der Waals surface area contributed by atoms with Crippen LogP contribution in [0.25, 0.3) is 0 Å². The van der Waals surface area contributed by atoms with E-state index in [1.807, 2.05) is 32.9 Å².